The van der Waals surface area contributed by atoms with E-state index in [0.29, 0.717) is 0 Å². The summed E-state index contributed by atoms with van der Waals surface area (Å²) >= 11 is 0. The maximum atomic E-state index is 4.00. The molecule has 1 heterocycles. The van der Waals surface area contributed by atoms with Crippen LogP contribution in [0.25, 0.3) is 0 Å². The number of allylic oxidation sites excluding steroid dienone is 2. The molecule has 0 bridgehead atoms. The van der Waals surface area contributed by atoms with Crippen LogP contribution in [0, 0.1) is 5.41 Å². The van der Waals surface area contributed by atoms with Gasteiger partial charge in [-0.1, -0.05) is 27.0 Å². The Labute approximate surface area is 63.0 Å². The number of hydrogen-bond acceptors (Lipinski definition) is 1. The van der Waals surface area contributed by atoms with Crippen LogP contribution in [0.5, 0.6) is 0 Å². The van der Waals surface area contributed by atoms with E-state index in [2.05, 4.69) is 31.9 Å². The topological polar surface area (TPSA) is 3.24 Å². The first-order valence-corrected chi connectivity index (χ1v) is 3.56. The summed E-state index contributed by atoms with van der Waals surface area (Å²) in [5.41, 5.74) is 2.58. The molecule has 0 unspecified atom stereocenters. The minimum absolute atomic E-state index is 0.228. The Hall–Kier alpha value is -0.720. The Balaban J connectivity index is 2.92. The minimum atomic E-state index is 0.228. The summed E-state index contributed by atoms with van der Waals surface area (Å²) in [6, 6.07) is 0. The van der Waals surface area contributed by atoms with Gasteiger partial charge in [0.1, 0.15) is 0 Å². The molecular formula is C9H15N. The van der Waals surface area contributed by atoms with Gasteiger partial charge in [-0.15, -0.1) is 0 Å². The molecule has 0 spiro atoms. The van der Waals surface area contributed by atoms with Crippen LogP contribution >= 0.6 is 0 Å². The van der Waals surface area contributed by atoms with Crippen molar-refractivity contribution in [2.24, 2.45) is 5.41 Å². The lowest BCUT2D eigenvalue weighted by Crippen LogP contribution is -2.14. The number of nitrogens with zero attached hydrogens (tertiary/aromatic N) is 1. The zero-order valence-corrected chi connectivity index (χ0v) is 7.07. The van der Waals surface area contributed by atoms with Crippen LogP contribution in [-0.2, 0) is 0 Å². The highest BCUT2D eigenvalue weighted by Crippen LogP contribution is 2.42. The molecule has 0 radical (unpaired) electrons. The summed E-state index contributed by atoms with van der Waals surface area (Å²) in [5, 5.41) is 0. The normalized spacial score (nSPS) is 24.1. The predicted molar refractivity (Wildman–Crippen MR) is 44.4 cm³/mol. The molecule has 0 aromatic heterocycles. The molecule has 0 N–H and O–H groups in total. The molecule has 10 heavy (non-hydrogen) atoms. The van der Waals surface area contributed by atoms with Crippen molar-refractivity contribution in [2.45, 2.75) is 20.3 Å². The highest BCUT2D eigenvalue weighted by molar-refractivity contribution is 5.23. The molecule has 1 aliphatic rings. The quantitative estimate of drug-likeness (QED) is 0.495. The Morgan fingerprint density at radius 3 is 2.00 bits per heavy atom. The van der Waals surface area contributed by atoms with Crippen molar-refractivity contribution in [3.8, 4) is 0 Å². The molecule has 0 atom stereocenters. The van der Waals surface area contributed by atoms with Gasteiger partial charge in [0.2, 0.25) is 0 Å². The summed E-state index contributed by atoms with van der Waals surface area (Å²) in [7, 11) is 2.03. The van der Waals surface area contributed by atoms with E-state index < -0.39 is 0 Å². The molecule has 1 rings (SSSR count). The highest BCUT2D eigenvalue weighted by atomic mass is 15.2. The van der Waals surface area contributed by atoms with Gasteiger partial charge in [0.25, 0.3) is 0 Å². The lowest BCUT2D eigenvalue weighted by atomic mass is 9.89. The number of rotatable bonds is 0. The largest absolute Gasteiger partial charge is 0.352 e. The molecule has 1 nitrogen and oxygen atoms in total. The Morgan fingerprint density at radius 1 is 1.40 bits per heavy atom. The fraction of sp³-hybridized carbons (Fsp3) is 0.556. The van der Waals surface area contributed by atoms with Gasteiger partial charge in [-0.05, 0) is 6.42 Å². The van der Waals surface area contributed by atoms with Gasteiger partial charge in [0.15, 0.2) is 0 Å². The first-order valence-electron chi connectivity index (χ1n) is 3.56. The van der Waals surface area contributed by atoms with Gasteiger partial charge in [-0.3, -0.25) is 0 Å². The molecule has 1 heteroatoms. The van der Waals surface area contributed by atoms with Gasteiger partial charge < -0.3 is 4.90 Å². The van der Waals surface area contributed by atoms with E-state index in [9.17, 15) is 0 Å². The molecule has 56 valence electrons. The van der Waals surface area contributed by atoms with Crippen LogP contribution < -0.4 is 0 Å². The summed E-state index contributed by atoms with van der Waals surface area (Å²) in [6.07, 6.45) is 1.04. The lowest BCUT2D eigenvalue weighted by Gasteiger charge is -2.20. The zero-order valence-electron chi connectivity index (χ0n) is 7.07. The van der Waals surface area contributed by atoms with E-state index in [-0.39, 0.29) is 5.41 Å². The molecular weight excluding hydrogens is 122 g/mol. The number of hydrogen-bond donors (Lipinski definition) is 0. The van der Waals surface area contributed by atoms with Crippen molar-refractivity contribution < 1.29 is 0 Å². The smallest absolute Gasteiger partial charge is 0.0162 e. The third-order valence-corrected chi connectivity index (χ3v) is 2.31. The fourth-order valence-electron chi connectivity index (χ4n) is 1.38. The van der Waals surface area contributed by atoms with E-state index in [0.717, 1.165) is 6.42 Å². The van der Waals surface area contributed by atoms with Crippen molar-refractivity contribution >= 4 is 0 Å². The van der Waals surface area contributed by atoms with E-state index in [1.807, 2.05) is 7.05 Å². The molecule has 0 aromatic rings. The monoisotopic (exact) mass is 137 g/mol. The van der Waals surface area contributed by atoms with Crippen molar-refractivity contribution in [2.75, 3.05) is 7.05 Å². The first-order chi connectivity index (χ1) is 4.45. The Morgan fingerprint density at radius 2 is 1.90 bits per heavy atom. The Bertz CT molecular complexity index is 189. The summed E-state index contributed by atoms with van der Waals surface area (Å²) in [6.45, 7) is 12.3. The second-order valence-corrected chi connectivity index (χ2v) is 3.63. The summed E-state index contributed by atoms with van der Waals surface area (Å²) in [5.74, 6) is 0. The van der Waals surface area contributed by atoms with Crippen LogP contribution in [-0.4, -0.2) is 11.9 Å². The molecule has 1 fully saturated rings. The molecule has 0 aliphatic carbocycles. The maximum Gasteiger partial charge on any atom is 0.0162 e. The second-order valence-electron chi connectivity index (χ2n) is 3.63. The standard InChI is InChI=1S/C9H15N/c1-7-6-9(3,4)8(2)10(7)5/h1-2,6H2,3-5H3. The van der Waals surface area contributed by atoms with Crippen LogP contribution in [0.1, 0.15) is 20.3 Å². The molecule has 0 aromatic carbocycles. The van der Waals surface area contributed by atoms with Crippen LogP contribution in [0.15, 0.2) is 24.6 Å². The van der Waals surface area contributed by atoms with Crippen LogP contribution in [0.2, 0.25) is 0 Å². The molecule has 0 amide bonds. The van der Waals surface area contributed by atoms with Crippen LogP contribution in [0.4, 0.5) is 0 Å². The van der Waals surface area contributed by atoms with Crippen LogP contribution in [0.3, 0.4) is 0 Å². The molecule has 1 saturated heterocycles. The molecule has 0 saturated carbocycles. The zero-order chi connectivity index (χ0) is 7.94. The molecule has 1 aliphatic heterocycles. The van der Waals surface area contributed by atoms with Crippen molar-refractivity contribution in [1.29, 1.82) is 0 Å². The number of likely N-dealkylation sites (tertiary alicyclic amines) is 1. The highest BCUT2D eigenvalue weighted by Gasteiger charge is 2.33. The van der Waals surface area contributed by atoms with Gasteiger partial charge in [0.05, 0.1) is 0 Å². The first kappa shape index (κ1) is 7.39. The van der Waals surface area contributed by atoms with E-state index in [4.69, 9.17) is 0 Å². The van der Waals surface area contributed by atoms with E-state index in [1.165, 1.54) is 11.4 Å². The van der Waals surface area contributed by atoms with Crippen molar-refractivity contribution in [3.63, 3.8) is 0 Å². The summed E-state index contributed by atoms with van der Waals surface area (Å²) < 4.78 is 0. The maximum absolute atomic E-state index is 4.00. The summed E-state index contributed by atoms with van der Waals surface area (Å²) in [4.78, 5) is 2.08. The van der Waals surface area contributed by atoms with Gasteiger partial charge in [-0.25, -0.2) is 0 Å². The van der Waals surface area contributed by atoms with Gasteiger partial charge in [-0.2, -0.15) is 0 Å². The second kappa shape index (κ2) is 1.88. The third kappa shape index (κ3) is 0.859. The minimum Gasteiger partial charge on any atom is -0.352 e. The van der Waals surface area contributed by atoms with Gasteiger partial charge >= 0.3 is 0 Å². The predicted octanol–water partition coefficient (Wildman–Crippen LogP) is 2.38. The van der Waals surface area contributed by atoms with Crippen molar-refractivity contribution in [3.05, 3.63) is 24.6 Å². The van der Waals surface area contributed by atoms with E-state index >= 15 is 0 Å². The van der Waals surface area contributed by atoms with Crippen molar-refractivity contribution in [1.82, 2.24) is 4.90 Å². The lowest BCUT2D eigenvalue weighted by molar-refractivity contribution is 0.441. The Kier molecular flexibility index (Phi) is 1.39. The average molecular weight is 137 g/mol. The third-order valence-electron chi connectivity index (χ3n) is 2.31. The van der Waals surface area contributed by atoms with E-state index in [1.54, 1.807) is 0 Å². The van der Waals surface area contributed by atoms with Gasteiger partial charge in [0, 0.05) is 23.9 Å². The SMILES string of the molecule is C=C1CC(C)(C)C(=C)N1C. The fourth-order valence-corrected chi connectivity index (χ4v) is 1.38. The average Bonchev–Trinajstić information content (AvgIpc) is 1.95.